The number of anilines is 1. The summed E-state index contributed by atoms with van der Waals surface area (Å²) in [7, 11) is 4.68. The summed E-state index contributed by atoms with van der Waals surface area (Å²) >= 11 is 1.26. The average molecular weight is 575 g/mol. The predicted molar refractivity (Wildman–Crippen MR) is 163 cm³/mol. The van der Waals surface area contributed by atoms with Crippen LogP contribution in [0.15, 0.2) is 77.0 Å². The number of hydrogen-bond donors (Lipinski definition) is 1. The van der Waals surface area contributed by atoms with Crippen LogP contribution in [0.25, 0.3) is 17.1 Å². The fraction of sp³-hybridized carbons (Fsp3) is 0.267. The van der Waals surface area contributed by atoms with Gasteiger partial charge in [0.2, 0.25) is 5.75 Å². The van der Waals surface area contributed by atoms with Crippen molar-refractivity contribution in [1.82, 2.24) is 20.2 Å². The van der Waals surface area contributed by atoms with Gasteiger partial charge < -0.3 is 19.1 Å². The Hall–Kier alpha value is -4.51. The van der Waals surface area contributed by atoms with Gasteiger partial charge >= 0.3 is 0 Å². The van der Waals surface area contributed by atoms with Crippen LogP contribution < -0.4 is 24.5 Å². The minimum absolute atomic E-state index is 0.0957. The van der Waals surface area contributed by atoms with Crippen LogP contribution in [-0.2, 0) is 4.79 Å². The Morgan fingerprint density at radius 3 is 2.20 bits per heavy atom. The van der Waals surface area contributed by atoms with E-state index in [0.29, 0.717) is 33.8 Å². The molecule has 0 atom stereocenters. The Kier molecular flexibility index (Phi) is 10.2. The third-order valence-corrected chi connectivity index (χ3v) is 7.26. The van der Waals surface area contributed by atoms with Crippen molar-refractivity contribution in [3.05, 3.63) is 72.3 Å². The lowest BCUT2D eigenvalue weighted by Gasteiger charge is -2.20. The fourth-order valence-electron chi connectivity index (χ4n) is 4.27. The number of benzene rings is 3. The molecule has 1 heterocycles. The SMILES string of the molecule is CCN(CC)c1ccc(/C=N\NC(=O)CSc2nnc(-c3cc(OC)c(OC)c(OC)c3)n2-c2ccccc2)cc1. The van der Waals surface area contributed by atoms with E-state index in [9.17, 15) is 4.79 Å². The normalized spacial score (nSPS) is 11.0. The lowest BCUT2D eigenvalue weighted by Crippen LogP contribution is -2.21. The molecule has 0 aliphatic carbocycles. The number of nitrogens with zero attached hydrogens (tertiary/aromatic N) is 5. The molecule has 0 fully saturated rings. The first-order valence-electron chi connectivity index (χ1n) is 13.1. The van der Waals surface area contributed by atoms with E-state index in [1.165, 1.54) is 11.8 Å². The summed E-state index contributed by atoms with van der Waals surface area (Å²) in [4.78, 5) is 14.9. The molecule has 1 N–H and O–H groups in total. The van der Waals surface area contributed by atoms with E-state index in [0.717, 1.165) is 30.0 Å². The van der Waals surface area contributed by atoms with Crippen LogP contribution in [0.3, 0.4) is 0 Å². The monoisotopic (exact) mass is 574 g/mol. The van der Waals surface area contributed by atoms with Crippen molar-refractivity contribution in [1.29, 1.82) is 0 Å². The summed E-state index contributed by atoms with van der Waals surface area (Å²) in [5.74, 6) is 1.87. The fourth-order valence-corrected chi connectivity index (χ4v) is 5.02. The highest BCUT2D eigenvalue weighted by Crippen LogP contribution is 2.41. The van der Waals surface area contributed by atoms with Crippen molar-refractivity contribution in [3.8, 4) is 34.3 Å². The molecule has 1 amide bonds. The summed E-state index contributed by atoms with van der Waals surface area (Å²) in [6.45, 7) is 6.14. The smallest absolute Gasteiger partial charge is 0.250 e. The lowest BCUT2D eigenvalue weighted by atomic mass is 10.1. The maximum Gasteiger partial charge on any atom is 0.250 e. The Bertz CT molecular complexity index is 1450. The van der Waals surface area contributed by atoms with Gasteiger partial charge in [0.15, 0.2) is 22.5 Å². The highest BCUT2D eigenvalue weighted by Gasteiger charge is 2.21. The van der Waals surface area contributed by atoms with Gasteiger partial charge in [-0.2, -0.15) is 5.10 Å². The second-order valence-electron chi connectivity index (χ2n) is 8.74. The number of ether oxygens (including phenoxy) is 3. The molecular formula is C30H34N6O4S. The van der Waals surface area contributed by atoms with Gasteiger partial charge in [0.25, 0.3) is 5.91 Å². The van der Waals surface area contributed by atoms with E-state index in [4.69, 9.17) is 14.2 Å². The molecule has 0 bridgehead atoms. The number of thioether (sulfide) groups is 1. The van der Waals surface area contributed by atoms with Gasteiger partial charge in [0.05, 0.1) is 33.3 Å². The van der Waals surface area contributed by atoms with E-state index in [-0.39, 0.29) is 11.7 Å². The van der Waals surface area contributed by atoms with Crippen molar-refractivity contribution >= 4 is 29.6 Å². The highest BCUT2D eigenvalue weighted by atomic mass is 32.2. The Morgan fingerprint density at radius 2 is 1.61 bits per heavy atom. The zero-order valence-corrected chi connectivity index (χ0v) is 24.6. The lowest BCUT2D eigenvalue weighted by molar-refractivity contribution is -0.118. The van der Waals surface area contributed by atoms with Crippen molar-refractivity contribution in [2.45, 2.75) is 19.0 Å². The first kappa shape index (κ1) is 29.5. The van der Waals surface area contributed by atoms with Crippen molar-refractivity contribution in [2.75, 3.05) is 45.1 Å². The third kappa shape index (κ3) is 6.98. The quantitative estimate of drug-likeness (QED) is 0.134. The molecule has 0 aliphatic heterocycles. The maximum absolute atomic E-state index is 12.6. The number of hydrogen-bond acceptors (Lipinski definition) is 9. The predicted octanol–water partition coefficient (Wildman–Crippen LogP) is 5.05. The first-order valence-corrected chi connectivity index (χ1v) is 14.1. The minimum Gasteiger partial charge on any atom is -0.493 e. The summed E-state index contributed by atoms with van der Waals surface area (Å²) in [5.41, 5.74) is 6.20. The summed E-state index contributed by atoms with van der Waals surface area (Å²) in [6.07, 6.45) is 1.63. The van der Waals surface area contributed by atoms with Crippen LogP contribution in [0.2, 0.25) is 0 Å². The number of carbonyl (C=O) groups is 1. The molecule has 1 aromatic heterocycles. The Morgan fingerprint density at radius 1 is 0.951 bits per heavy atom. The van der Waals surface area contributed by atoms with Gasteiger partial charge in [0, 0.05) is 30.0 Å². The average Bonchev–Trinajstić information content (AvgIpc) is 3.45. The third-order valence-electron chi connectivity index (χ3n) is 6.33. The topological polar surface area (TPSA) is 103 Å². The van der Waals surface area contributed by atoms with E-state index in [1.54, 1.807) is 27.5 Å². The van der Waals surface area contributed by atoms with Crippen LogP contribution in [0.4, 0.5) is 5.69 Å². The molecule has 214 valence electrons. The minimum atomic E-state index is -0.261. The van der Waals surface area contributed by atoms with E-state index < -0.39 is 0 Å². The number of aromatic nitrogens is 3. The highest BCUT2D eigenvalue weighted by molar-refractivity contribution is 7.99. The number of carbonyl (C=O) groups excluding carboxylic acids is 1. The Balaban J connectivity index is 1.51. The molecule has 4 rings (SSSR count). The van der Waals surface area contributed by atoms with Crippen LogP contribution in [0, 0.1) is 0 Å². The largest absolute Gasteiger partial charge is 0.493 e. The number of hydrazone groups is 1. The van der Waals surface area contributed by atoms with Crippen LogP contribution in [0.1, 0.15) is 19.4 Å². The molecule has 0 spiro atoms. The molecule has 0 saturated heterocycles. The van der Waals surface area contributed by atoms with Crippen molar-refractivity contribution in [3.63, 3.8) is 0 Å². The van der Waals surface area contributed by atoms with Gasteiger partial charge in [0.1, 0.15) is 0 Å². The zero-order valence-electron chi connectivity index (χ0n) is 23.8. The number of rotatable bonds is 13. The van der Waals surface area contributed by atoms with E-state index in [2.05, 4.69) is 39.5 Å². The molecule has 0 unspecified atom stereocenters. The first-order chi connectivity index (χ1) is 20.0. The van der Waals surface area contributed by atoms with Crippen LogP contribution in [-0.4, -0.2) is 67.1 Å². The Labute approximate surface area is 244 Å². The summed E-state index contributed by atoms with van der Waals surface area (Å²) in [5, 5.41) is 13.5. The molecule has 0 radical (unpaired) electrons. The molecule has 4 aromatic rings. The standard InChI is InChI=1S/C30H34N6O4S/c1-6-35(7-2)23-15-13-21(14-16-23)19-31-32-27(37)20-41-30-34-33-29(36(30)24-11-9-8-10-12-24)22-17-25(38-3)28(40-5)26(18-22)39-4/h8-19H,6-7,20H2,1-5H3,(H,32,37)/b31-19-. The van der Waals surface area contributed by atoms with E-state index >= 15 is 0 Å². The van der Waals surface area contributed by atoms with Crippen LogP contribution in [0.5, 0.6) is 17.2 Å². The van der Waals surface area contributed by atoms with Gasteiger partial charge in [-0.3, -0.25) is 9.36 Å². The van der Waals surface area contributed by atoms with Gasteiger partial charge in [-0.1, -0.05) is 42.1 Å². The number of nitrogens with one attached hydrogen (secondary N) is 1. The summed E-state index contributed by atoms with van der Waals surface area (Å²) < 4.78 is 18.4. The van der Waals surface area contributed by atoms with Gasteiger partial charge in [-0.25, -0.2) is 5.43 Å². The molecular weight excluding hydrogens is 540 g/mol. The second-order valence-corrected chi connectivity index (χ2v) is 9.68. The van der Waals surface area contributed by atoms with Crippen molar-refractivity contribution in [2.24, 2.45) is 5.10 Å². The van der Waals surface area contributed by atoms with E-state index in [1.807, 2.05) is 71.3 Å². The van der Waals surface area contributed by atoms with Gasteiger partial charge in [-0.15, -0.1) is 10.2 Å². The number of methoxy groups -OCH3 is 3. The molecule has 0 aliphatic rings. The van der Waals surface area contributed by atoms with Gasteiger partial charge in [-0.05, 0) is 55.8 Å². The molecule has 41 heavy (non-hydrogen) atoms. The van der Waals surface area contributed by atoms with Crippen molar-refractivity contribution < 1.29 is 19.0 Å². The second kappa shape index (κ2) is 14.2. The molecule has 0 saturated carbocycles. The number of para-hydroxylation sites is 1. The number of amides is 1. The maximum atomic E-state index is 12.6. The zero-order chi connectivity index (χ0) is 29.2. The molecule has 10 nitrogen and oxygen atoms in total. The molecule has 11 heteroatoms. The summed E-state index contributed by atoms with van der Waals surface area (Å²) in [6, 6.07) is 21.4. The van der Waals surface area contributed by atoms with Crippen LogP contribution >= 0.6 is 11.8 Å². The molecule has 3 aromatic carbocycles.